The summed E-state index contributed by atoms with van der Waals surface area (Å²) in [5.41, 5.74) is 14.8. The first kappa shape index (κ1) is 52.5. The lowest BCUT2D eigenvalue weighted by Gasteiger charge is -2.19. The largest absolute Gasteiger partial charge is 0.309 e. The van der Waals surface area contributed by atoms with E-state index in [1.165, 1.54) is 24.3 Å². The molecule has 0 bridgehead atoms. The van der Waals surface area contributed by atoms with Crippen LogP contribution in [0.2, 0.25) is 0 Å². The summed E-state index contributed by atoms with van der Waals surface area (Å²) in [4.78, 5) is 26.5. The summed E-state index contributed by atoms with van der Waals surface area (Å²) in [6.07, 6.45) is 0. The van der Waals surface area contributed by atoms with Crippen LogP contribution < -0.4 is 0 Å². The van der Waals surface area contributed by atoms with Gasteiger partial charge in [0, 0.05) is 71.6 Å². The van der Waals surface area contributed by atoms with E-state index >= 15 is 0 Å². The van der Waals surface area contributed by atoms with Crippen LogP contribution in [0.15, 0.2) is 231 Å². The van der Waals surface area contributed by atoms with E-state index in [1.807, 2.05) is 146 Å². The van der Waals surface area contributed by atoms with Gasteiger partial charge >= 0.3 is 0 Å². The van der Waals surface area contributed by atoms with Crippen molar-refractivity contribution in [2.75, 3.05) is 0 Å². The molecule has 12 heteroatoms. The second-order valence-electron chi connectivity index (χ2n) is 20.8. The molecular weight excluding hydrogens is 1080 g/mol. The van der Waals surface area contributed by atoms with Gasteiger partial charge in [-0.15, -0.1) is 0 Å². The quantitative estimate of drug-likeness (QED) is 0.130. The van der Waals surface area contributed by atoms with Gasteiger partial charge in [0.05, 0.1) is 88.6 Å². The zero-order chi connectivity index (χ0) is 60.0. The lowest BCUT2D eigenvalue weighted by atomic mass is 9.94. The molecule has 0 N–H and O–H groups in total. The zero-order valence-electron chi connectivity index (χ0n) is 46.3. The second-order valence-corrected chi connectivity index (χ2v) is 20.8. The Labute approximate surface area is 504 Å². The number of nitrogens with zero attached hydrogens (tertiary/aromatic N) is 12. The van der Waals surface area contributed by atoms with Gasteiger partial charge in [-0.25, -0.2) is 29.5 Å². The minimum atomic E-state index is 0.208. The Kier molecular flexibility index (Phi) is 12.9. The van der Waals surface area contributed by atoms with Crippen LogP contribution in [0.3, 0.4) is 0 Å². The van der Waals surface area contributed by atoms with Crippen molar-refractivity contribution in [1.29, 1.82) is 21.0 Å². The molecular formula is C76H38N12. The summed E-state index contributed by atoms with van der Waals surface area (Å²) in [7, 11) is 0. The molecule has 402 valence electrons. The van der Waals surface area contributed by atoms with Crippen LogP contribution in [-0.2, 0) is 0 Å². The summed E-state index contributed by atoms with van der Waals surface area (Å²) < 4.78 is 4.44. The topological polar surface area (TPSA) is 157 Å². The fraction of sp³-hybridized carbons (Fsp3) is 0. The van der Waals surface area contributed by atoms with Crippen molar-refractivity contribution >= 4 is 60.7 Å². The van der Waals surface area contributed by atoms with E-state index in [0.717, 1.165) is 93.9 Å². The molecule has 0 amide bonds. The van der Waals surface area contributed by atoms with Crippen LogP contribution >= 0.6 is 0 Å². The number of hydrogen-bond acceptors (Lipinski definition) is 7. The van der Waals surface area contributed by atoms with Gasteiger partial charge in [0.15, 0.2) is 34.5 Å². The molecule has 3 heterocycles. The monoisotopic (exact) mass is 1120 g/mol. The standard InChI is InChI=1S/C76H38N12/c1-81-57-36-56(45-80)73(65(41-57)83-3)53-27-31-71-63(39-53)59-22-11-13-24-67(59)88(71)69-32-28-54(76-85-74(48-16-6-4-7-17-48)84-75(86-76)49-18-8-5-9-19-49)40-61(69)51-25-29-68(60(37-51)50-20-14-15-46(33-50)42-77)87-66-23-12-10-21-58(66)62-38-52(26-30-70(62)87)72-55(44-79)34-47(43-78)35-64(72)82-2/h4-41H. The summed E-state index contributed by atoms with van der Waals surface area (Å²) in [5.74, 6) is 1.47. The van der Waals surface area contributed by atoms with Gasteiger partial charge in [-0.3, -0.25) is 0 Å². The highest BCUT2D eigenvalue weighted by molar-refractivity contribution is 6.13. The predicted molar refractivity (Wildman–Crippen MR) is 344 cm³/mol. The summed E-state index contributed by atoms with van der Waals surface area (Å²) in [6, 6.07) is 83.0. The number of aromatic nitrogens is 5. The molecule has 0 saturated heterocycles. The molecule has 0 fully saturated rings. The summed E-state index contributed by atoms with van der Waals surface area (Å²) in [6.45, 7) is 23.9. The predicted octanol–water partition coefficient (Wildman–Crippen LogP) is 18.9. The van der Waals surface area contributed by atoms with Crippen LogP contribution in [0.25, 0.3) is 148 Å². The molecule has 0 radical (unpaired) electrons. The van der Waals surface area contributed by atoms with Gasteiger partial charge in [-0.05, 0) is 119 Å². The van der Waals surface area contributed by atoms with E-state index in [1.54, 1.807) is 6.07 Å². The number of nitriles is 4. The Hall–Kier alpha value is -13.5. The van der Waals surface area contributed by atoms with E-state index in [9.17, 15) is 21.0 Å². The van der Waals surface area contributed by atoms with Crippen LogP contribution in [0.1, 0.15) is 22.3 Å². The van der Waals surface area contributed by atoms with Crippen LogP contribution in [-0.4, -0.2) is 24.1 Å². The molecule has 0 atom stereocenters. The summed E-state index contributed by atoms with van der Waals surface area (Å²) >= 11 is 0. The Morgan fingerprint density at radius 3 is 1.28 bits per heavy atom. The van der Waals surface area contributed by atoms with Crippen LogP contribution in [0.5, 0.6) is 0 Å². The number of para-hydroxylation sites is 2. The van der Waals surface area contributed by atoms with Crippen LogP contribution in [0.4, 0.5) is 17.1 Å². The summed E-state index contributed by atoms with van der Waals surface area (Å²) in [5, 5.41) is 44.6. The molecule has 3 aromatic heterocycles. The van der Waals surface area contributed by atoms with Gasteiger partial charge in [0.2, 0.25) is 0 Å². The van der Waals surface area contributed by atoms with E-state index < -0.39 is 0 Å². The first-order valence-electron chi connectivity index (χ1n) is 27.7. The Balaban J connectivity index is 1.04. The van der Waals surface area contributed by atoms with Crippen molar-refractivity contribution in [1.82, 2.24) is 24.1 Å². The molecule has 88 heavy (non-hydrogen) atoms. The normalized spacial score (nSPS) is 10.9. The average Bonchev–Trinajstić information content (AvgIpc) is 1.63. The molecule has 12 nitrogen and oxygen atoms in total. The number of benzene rings is 11. The fourth-order valence-corrected chi connectivity index (χ4v) is 12.0. The maximum atomic E-state index is 10.4. The number of fused-ring (bicyclic) bond motifs is 6. The third-order valence-electron chi connectivity index (χ3n) is 15.9. The van der Waals surface area contributed by atoms with Gasteiger partial charge in [-0.2, -0.15) is 21.0 Å². The molecule has 0 aliphatic rings. The third kappa shape index (κ3) is 8.85. The van der Waals surface area contributed by atoms with Crippen molar-refractivity contribution in [3.8, 4) is 114 Å². The molecule has 14 aromatic rings. The third-order valence-corrected chi connectivity index (χ3v) is 15.9. The lowest BCUT2D eigenvalue weighted by molar-refractivity contribution is 1.07. The SMILES string of the molecule is [C-]#[N+]c1cc(C#N)c(-c2ccc3c(c2)c2ccccc2n3-c2ccc(-c3nc(-c4ccccc4)nc(-c4ccccc4)n3)cc2-c2ccc(-n3c4ccccc4c4cc(-c5c(C#N)cc(C#N)cc5[N+]#[C-])ccc43)c(-c3cccc(C#N)c3)c2)c([N+]#[C-])c1. The van der Waals surface area contributed by atoms with Crippen molar-refractivity contribution < 1.29 is 0 Å². The molecule has 0 spiro atoms. The minimum Gasteiger partial charge on any atom is -0.309 e. The van der Waals surface area contributed by atoms with Gasteiger partial charge in [-0.1, -0.05) is 133 Å². The molecule has 0 unspecified atom stereocenters. The maximum Gasteiger partial charge on any atom is 0.197 e. The van der Waals surface area contributed by atoms with E-state index in [0.29, 0.717) is 45.3 Å². The van der Waals surface area contributed by atoms with Crippen molar-refractivity contribution in [3.63, 3.8) is 0 Å². The zero-order valence-corrected chi connectivity index (χ0v) is 46.3. The van der Waals surface area contributed by atoms with Gasteiger partial charge < -0.3 is 9.13 Å². The van der Waals surface area contributed by atoms with Crippen molar-refractivity contribution in [2.24, 2.45) is 0 Å². The van der Waals surface area contributed by atoms with E-state index in [4.69, 9.17) is 34.7 Å². The van der Waals surface area contributed by atoms with Crippen molar-refractivity contribution in [2.45, 2.75) is 0 Å². The smallest absolute Gasteiger partial charge is 0.197 e. The fourth-order valence-electron chi connectivity index (χ4n) is 12.0. The molecule has 0 saturated carbocycles. The van der Waals surface area contributed by atoms with E-state index in [2.05, 4.69) is 103 Å². The number of hydrogen-bond donors (Lipinski definition) is 0. The Morgan fingerprint density at radius 2 is 0.761 bits per heavy atom. The first-order valence-corrected chi connectivity index (χ1v) is 27.7. The Bertz CT molecular complexity index is 5480. The molecule has 0 aliphatic carbocycles. The highest BCUT2D eigenvalue weighted by Gasteiger charge is 2.24. The molecule has 11 aromatic carbocycles. The van der Waals surface area contributed by atoms with Crippen molar-refractivity contribution in [3.05, 3.63) is 287 Å². The molecule has 0 aliphatic heterocycles. The molecule has 14 rings (SSSR count). The van der Waals surface area contributed by atoms with Gasteiger partial charge in [0.25, 0.3) is 0 Å². The average molecular weight is 1120 g/mol. The maximum absolute atomic E-state index is 10.4. The second kappa shape index (κ2) is 21.7. The minimum absolute atomic E-state index is 0.208. The highest BCUT2D eigenvalue weighted by atomic mass is 15.0. The first-order chi connectivity index (χ1) is 43.3. The Morgan fingerprint density at radius 1 is 0.318 bits per heavy atom. The van der Waals surface area contributed by atoms with Crippen LogP contribution in [0, 0.1) is 65.0 Å². The van der Waals surface area contributed by atoms with E-state index in [-0.39, 0.29) is 33.8 Å². The lowest BCUT2D eigenvalue weighted by Crippen LogP contribution is -2.02. The highest BCUT2D eigenvalue weighted by Crippen LogP contribution is 2.46. The van der Waals surface area contributed by atoms with Gasteiger partial charge in [0.1, 0.15) is 0 Å². The number of rotatable bonds is 9.